The molecule has 0 aliphatic heterocycles. The summed E-state index contributed by atoms with van der Waals surface area (Å²) in [5.74, 6) is 0.291. The molecule has 4 heteroatoms. The number of rotatable bonds is 4. The van der Waals surface area contributed by atoms with Gasteiger partial charge in [-0.05, 0) is 26.7 Å². The first kappa shape index (κ1) is 9.32. The largest absolute Gasteiger partial charge is 0.409 e. The summed E-state index contributed by atoms with van der Waals surface area (Å²) in [6.45, 7) is 4.23. The van der Waals surface area contributed by atoms with Crippen molar-refractivity contribution in [2.75, 3.05) is 0 Å². The molecule has 1 aliphatic rings. The van der Waals surface area contributed by atoms with E-state index in [1.165, 1.54) is 12.8 Å². The SMILES string of the molecule is CC(CC(N)=NO)NC1(C)CC1. The first-order chi connectivity index (χ1) is 5.56. The highest BCUT2D eigenvalue weighted by molar-refractivity contribution is 5.80. The van der Waals surface area contributed by atoms with E-state index in [0.29, 0.717) is 17.8 Å². The van der Waals surface area contributed by atoms with Crippen molar-refractivity contribution in [2.24, 2.45) is 10.9 Å². The van der Waals surface area contributed by atoms with Crippen molar-refractivity contribution in [2.45, 2.75) is 44.7 Å². The third-order valence-electron chi connectivity index (χ3n) is 2.24. The molecule has 4 nitrogen and oxygen atoms in total. The van der Waals surface area contributed by atoms with Gasteiger partial charge in [-0.3, -0.25) is 0 Å². The minimum absolute atomic E-state index is 0.286. The predicted octanol–water partition coefficient (Wildman–Crippen LogP) is 0.653. The predicted molar refractivity (Wildman–Crippen MR) is 48.3 cm³/mol. The van der Waals surface area contributed by atoms with Crippen LogP contribution in [0, 0.1) is 0 Å². The molecule has 70 valence electrons. The van der Waals surface area contributed by atoms with Gasteiger partial charge in [0.15, 0.2) is 0 Å². The van der Waals surface area contributed by atoms with Crippen molar-refractivity contribution in [3.63, 3.8) is 0 Å². The van der Waals surface area contributed by atoms with Gasteiger partial charge in [0.2, 0.25) is 0 Å². The lowest BCUT2D eigenvalue weighted by Crippen LogP contribution is -2.38. The van der Waals surface area contributed by atoms with Gasteiger partial charge in [0, 0.05) is 18.0 Å². The third kappa shape index (κ3) is 2.70. The van der Waals surface area contributed by atoms with E-state index in [2.05, 4.69) is 17.4 Å². The Morgan fingerprint density at radius 2 is 2.33 bits per heavy atom. The quantitative estimate of drug-likeness (QED) is 0.252. The number of nitrogens with zero attached hydrogens (tertiary/aromatic N) is 1. The van der Waals surface area contributed by atoms with E-state index in [9.17, 15) is 0 Å². The van der Waals surface area contributed by atoms with Crippen molar-refractivity contribution in [3.8, 4) is 0 Å². The van der Waals surface area contributed by atoms with E-state index in [1.54, 1.807) is 0 Å². The monoisotopic (exact) mass is 171 g/mol. The van der Waals surface area contributed by atoms with Crippen LogP contribution >= 0.6 is 0 Å². The van der Waals surface area contributed by atoms with Gasteiger partial charge in [0.05, 0.1) is 0 Å². The fraction of sp³-hybridized carbons (Fsp3) is 0.875. The number of hydrogen-bond donors (Lipinski definition) is 3. The third-order valence-corrected chi connectivity index (χ3v) is 2.24. The molecule has 1 saturated carbocycles. The summed E-state index contributed by atoms with van der Waals surface area (Å²) in [4.78, 5) is 0. The van der Waals surface area contributed by atoms with E-state index in [4.69, 9.17) is 10.9 Å². The zero-order valence-corrected chi connectivity index (χ0v) is 7.67. The summed E-state index contributed by atoms with van der Waals surface area (Å²) < 4.78 is 0. The molecule has 0 aromatic rings. The van der Waals surface area contributed by atoms with Crippen LogP contribution in [0.3, 0.4) is 0 Å². The maximum atomic E-state index is 8.33. The Kier molecular flexibility index (Phi) is 2.57. The number of nitrogens with two attached hydrogens (primary N) is 1. The summed E-state index contributed by atoms with van der Waals surface area (Å²) in [6, 6.07) is 0.286. The Morgan fingerprint density at radius 3 is 2.75 bits per heavy atom. The van der Waals surface area contributed by atoms with Crippen LogP contribution in [0.4, 0.5) is 0 Å². The highest BCUT2D eigenvalue weighted by Crippen LogP contribution is 2.34. The molecule has 12 heavy (non-hydrogen) atoms. The van der Waals surface area contributed by atoms with Gasteiger partial charge in [-0.2, -0.15) is 0 Å². The average molecular weight is 171 g/mol. The summed E-state index contributed by atoms with van der Waals surface area (Å²) in [6.07, 6.45) is 3.06. The second-order valence-electron chi connectivity index (χ2n) is 3.90. The van der Waals surface area contributed by atoms with Crippen LogP contribution in [0.1, 0.15) is 33.1 Å². The van der Waals surface area contributed by atoms with Crippen LogP contribution in [0.5, 0.6) is 0 Å². The van der Waals surface area contributed by atoms with Crippen molar-refractivity contribution in [3.05, 3.63) is 0 Å². The lowest BCUT2D eigenvalue weighted by molar-refractivity contribution is 0.315. The molecule has 0 heterocycles. The van der Waals surface area contributed by atoms with Crippen LogP contribution in [0.25, 0.3) is 0 Å². The molecule has 0 saturated heterocycles. The number of nitrogens with one attached hydrogen (secondary N) is 1. The molecule has 0 radical (unpaired) electrons. The second-order valence-corrected chi connectivity index (χ2v) is 3.90. The molecule has 0 amide bonds. The molecule has 4 N–H and O–H groups in total. The van der Waals surface area contributed by atoms with Gasteiger partial charge in [0.1, 0.15) is 5.84 Å². The fourth-order valence-electron chi connectivity index (χ4n) is 1.33. The molecule has 1 unspecified atom stereocenters. The Hall–Kier alpha value is -0.770. The van der Waals surface area contributed by atoms with Crippen molar-refractivity contribution in [1.82, 2.24) is 5.32 Å². The van der Waals surface area contributed by atoms with E-state index >= 15 is 0 Å². The minimum Gasteiger partial charge on any atom is -0.409 e. The zero-order valence-electron chi connectivity index (χ0n) is 7.67. The number of oxime groups is 1. The van der Waals surface area contributed by atoms with Gasteiger partial charge in [-0.1, -0.05) is 5.16 Å². The van der Waals surface area contributed by atoms with Crippen LogP contribution in [0.2, 0.25) is 0 Å². The summed E-state index contributed by atoms with van der Waals surface area (Å²) >= 11 is 0. The summed E-state index contributed by atoms with van der Waals surface area (Å²) in [5.41, 5.74) is 5.69. The Labute approximate surface area is 72.8 Å². The first-order valence-corrected chi connectivity index (χ1v) is 4.30. The van der Waals surface area contributed by atoms with Gasteiger partial charge < -0.3 is 16.3 Å². The van der Waals surface area contributed by atoms with E-state index in [1.807, 2.05) is 6.92 Å². The van der Waals surface area contributed by atoms with Gasteiger partial charge in [-0.25, -0.2) is 0 Å². The lowest BCUT2D eigenvalue weighted by atomic mass is 10.2. The maximum absolute atomic E-state index is 8.33. The van der Waals surface area contributed by atoms with E-state index < -0.39 is 0 Å². The Balaban J connectivity index is 2.24. The smallest absolute Gasteiger partial charge is 0.140 e. The molecule has 1 rings (SSSR count). The molecular weight excluding hydrogens is 154 g/mol. The minimum atomic E-state index is 0.286. The Morgan fingerprint density at radius 1 is 1.75 bits per heavy atom. The second kappa shape index (κ2) is 3.31. The molecule has 1 aliphatic carbocycles. The molecule has 0 aromatic heterocycles. The zero-order chi connectivity index (χ0) is 9.19. The van der Waals surface area contributed by atoms with Crippen LogP contribution < -0.4 is 11.1 Å². The molecule has 1 atom stereocenters. The van der Waals surface area contributed by atoms with Crippen molar-refractivity contribution < 1.29 is 5.21 Å². The first-order valence-electron chi connectivity index (χ1n) is 4.30. The number of hydrogen-bond acceptors (Lipinski definition) is 3. The van der Waals surface area contributed by atoms with E-state index in [0.717, 1.165) is 0 Å². The summed E-state index contributed by atoms with van der Waals surface area (Å²) in [7, 11) is 0. The van der Waals surface area contributed by atoms with Crippen molar-refractivity contribution >= 4 is 5.84 Å². The van der Waals surface area contributed by atoms with Crippen molar-refractivity contribution in [1.29, 1.82) is 0 Å². The lowest BCUT2D eigenvalue weighted by Gasteiger charge is -2.18. The van der Waals surface area contributed by atoms with Gasteiger partial charge in [-0.15, -0.1) is 0 Å². The average Bonchev–Trinajstić information content (AvgIpc) is 2.67. The molecule has 1 fully saturated rings. The highest BCUT2D eigenvalue weighted by Gasteiger charge is 2.37. The normalized spacial score (nSPS) is 23.7. The molecule has 0 bridgehead atoms. The molecule has 0 aromatic carbocycles. The molecular formula is C8H17N3O. The topological polar surface area (TPSA) is 70.6 Å². The van der Waals surface area contributed by atoms with Crippen LogP contribution in [-0.4, -0.2) is 22.6 Å². The standard InChI is InChI=1S/C8H17N3O/c1-6(5-7(9)11-12)10-8(2)3-4-8/h6,10,12H,3-5H2,1-2H3,(H2,9,11). The maximum Gasteiger partial charge on any atom is 0.140 e. The van der Waals surface area contributed by atoms with Crippen LogP contribution in [-0.2, 0) is 0 Å². The van der Waals surface area contributed by atoms with Gasteiger partial charge in [0.25, 0.3) is 0 Å². The summed E-state index contributed by atoms with van der Waals surface area (Å²) in [5, 5.41) is 14.7. The fourth-order valence-corrected chi connectivity index (χ4v) is 1.33. The Bertz CT molecular complexity index is 187. The van der Waals surface area contributed by atoms with E-state index in [-0.39, 0.29) is 6.04 Å². The number of amidine groups is 1. The molecule has 0 spiro atoms. The highest BCUT2D eigenvalue weighted by atomic mass is 16.4. The van der Waals surface area contributed by atoms with Crippen LogP contribution in [0.15, 0.2) is 5.16 Å². The van der Waals surface area contributed by atoms with Gasteiger partial charge >= 0.3 is 0 Å².